The molecule has 0 N–H and O–H groups in total. The smallest absolute Gasteiger partial charge is 0.123 e. The molecule has 138 valence electrons. The Kier molecular flexibility index (Phi) is 6.25. The van der Waals surface area contributed by atoms with Crippen LogP contribution < -0.4 is 9.47 Å². The minimum absolute atomic E-state index is 0.594. The van der Waals surface area contributed by atoms with E-state index in [0.717, 1.165) is 24.3 Å². The van der Waals surface area contributed by atoms with Gasteiger partial charge in [-0.1, -0.05) is 18.2 Å². The summed E-state index contributed by atoms with van der Waals surface area (Å²) in [6, 6.07) is 18.9. The fraction of sp³-hybridized carbons (Fsp3) is 0.182. The summed E-state index contributed by atoms with van der Waals surface area (Å²) in [7, 11) is 0. The van der Waals surface area contributed by atoms with Gasteiger partial charge in [-0.3, -0.25) is 0 Å². The second kappa shape index (κ2) is 9.22. The Bertz CT molecular complexity index is 790. The number of benzene rings is 1. The van der Waals surface area contributed by atoms with Gasteiger partial charge in [0.05, 0.1) is 0 Å². The van der Waals surface area contributed by atoms with E-state index in [1.54, 1.807) is 22.7 Å². The average Bonchev–Trinajstić information content (AvgIpc) is 3.46. The third-order valence-corrected chi connectivity index (χ3v) is 6.74. The molecule has 0 unspecified atom stereocenters. The van der Waals surface area contributed by atoms with Crippen molar-refractivity contribution in [3.63, 3.8) is 0 Å². The lowest BCUT2D eigenvalue weighted by Crippen LogP contribution is -1.98. The van der Waals surface area contributed by atoms with Gasteiger partial charge in [-0.15, -0.1) is 34.0 Å². The summed E-state index contributed by atoms with van der Waals surface area (Å²) in [6.07, 6.45) is 2.02. The second-order valence-electron chi connectivity index (χ2n) is 6.13. The van der Waals surface area contributed by atoms with Gasteiger partial charge in [0.2, 0.25) is 0 Å². The van der Waals surface area contributed by atoms with Crippen LogP contribution in [0.1, 0.15) is 20.2 Å². The Morgan fingerprint density at radius 3 is 1.59 bits per heavy atom. The van der Waals surface area contributed by atoms with Gasteiger partial charge in [-0.2, -0.15) is 0 Å². The fourth-order valence-corrected chi connectivity index (χ4v) is 4.70. The van der Waals surface area contributed by atoms with Crippen molar-refractivity contribution < 1.29 is 9.47 Å². The first-order valence-corrected chi connectivity index (χ1v) is 11.5. The Morgan fingerprint density at radius 2 is 1.11 bits per heavy atom. The first-order chi connectivity index (χ1) is 13.3. The van der Waals surface area contributed by atoms with Crippen LogP contribution in [0, 0.1) is 0 Å². The number of hydrogen-bond donors (Lipinski definition) is 0. The highest BCUT2D eigenvalue weighted by Gasteiger charge is 2.06. The summed E-state index contributed by atoms with van der Waals surface area (Å²) in [4.78, 5) is 3.85. The van der Waals surface area contributed by atoms with Crippen LogP contribution in [0.25, 0.3) is 0 Å². The molecule has 1 aromatic carbocycles. The maximum absolute atomic E-state index is 6.04. The third kappa shape index (κ3) is 5.45. The van der Waals surface area contributed by atoms with E-state index in [-0.39, 0.29) is 0 Å². The molecule has 5 heteroatoms. The lowest BCUT2D eigenvalue weighted by Gasteiger charge is -2.12. The molecule has 4 aromatic rings. The van der Waals surface area contributed by atoms with Crippen LogP contribution in [0.2, 0.25) is 0 Å². The first kappa shape index (κ1) is 18.3. The van der Waals surface area contributed by atoms with E-state index < -0.39 is 0 Å². The molecule has 2 nitrogen and oxygen atoms in total. The molecule has 0 atom stereocenters. The van der Waals surface area contributed by atoms with Crippen LogP contribution in [0.15, 0.2) is 70.7 Å². The van der Waals surface area contributed by atoms with Crippen molar-refractivity contribution in [1.82, 2.24) is 0 Å². The molecule has 4 rings (SSSR count). The topological polar surface area (TPSA) is 18.5 Å². The molecule has 0 radical (unpaired) electrons. The van der Waals surface area contributed by atoms with E-state index in [4.69, 9.17) is 9.47 Å². The lowest BCUT2D eigenvalue weighted by molar-refractivity contribution is 0.293. The number of hydrogen-bond acceptors (Lipinski definition) is 5. The van der Waals surface area contributed by atoms with Crippen LogP contribution in [0.5, 0.6) is 11.5 Å². The summed E-state index contributed by atoms with van der Waals surface area (Å²) in [5.74, 6) is 1.74. The van der Waals surface area contributed by atoms with Crippen molar-refractivity contribution in [2.45, 2.75) is 26.1 Å². The summed E-state index contributed by atoms with van der Waals surface area (Å²) < 4.78 is 12.1. The van der Waals surface area contributed by atoms with Crippen molar-refractivity contribution in [2.75, 3.05) is 0 Å². The SMILES string of the molecule is c1csc(CCc2cc(OCc3cccs3)cc(OCc3cccs3)c2)c1. The predicted octanol–water partition coefficient (Wildman–Crippen LogP) is 6.81. The van der Waals surface area contributed by atoms with E-state index in [9.17, 15) is 0 Å². The number of ether oxygens (including phenoxy) is 2. The Balaban J connectivity index is 1.47. The molecule has 0 bridgehead atoms. The first-order valence-electron chi connectivity index (χ1n) is 8.82. The van der Waals surface area contributed by atoms with Gasteiger partial charge >= 0.3 is 0 Å². The molecular weight excluding hydrogens is 392 g/mol. The minimum atomic E-state index is 0.594. The zero-order valence-electron chi connectivity index (χ0n) is 14.8. The third-order valence-electron chi connectivity index (χ3n) is 4.10. The van der Waals surface area contributed by atoms with Gasteiger partial charge in [0, 0.05) is 20.7 Å². The molecule has 27 heavy (non-hydrogen) atoms. The van der Waals surface area contributed by atoms with Crippen LogP contribution in [0.3, 0.4) is 0 Å². The van der Waals surface area contributed by atoms with E-state index >= 15 is 0 Å². The molecule has 0 aliphatic rings. The van der Waals surface area contributed by atoms with Crippen molar-refractivity contribution in [1.29, 1.82) is 0 Å². The summed E-state index contributed by atoms with van der Waals surface area (Å²) in [5.41, 5.74) is 1.24. The molecule has 0 saturated carbocycles. The standard InChI is InChI=1S/C22H20O2S3/c1-4-20(25-9-1)8-7-17-12-18(23-15-21-5-2-10-26-21)14-19(13-17)24-16-22-6-3-11-27-22/h1-6,9-14H,7-8,15-16H2. The van der Waals surface area contributed by atoms with E-state index in [2.05, 4.69) is 64.7 Å². The van der Waals surface area contributed by atoms with Crippen LogP contribution in [-0.4, -0.2) is 0 Å². The summed E-state index contributed by atoms with van der Waals surface area (Å²) >= 11 is 5.24. The molecule has 3 heterocycles. The largest absolute Gasteiger partial charge is 0.488 e. The van der Waals surface area contributed by atoms with Gasteiger partial charge in [-0.25, -0.2) is 0 Å². The number of aryl methyl sites for hydroxylation is 2. The van der Waals surface area contributed by atoms with Crippen molar-refractivity contribution >= 4 is 34.0 Å². The second-order valence-corrected chi connectivity index (χ2v) is 9.22. The molecule has 0 amide bonds. The summed E-state index contributed by atoms with van der Waals surface area (Å²) in [6.45, 7) is 1.19. The lowest BCUT2D eigenvalue weighted by atomic mass is 10.1. The van der Waals surface area contributed by atoms with Gasteiger partial charge in [0.15, 0.2) is 0 Å². The van der Waals surface area contributed by atoms with Crippen LogP contribution in [0.4, 0.5) is 0 Å². The molecule has 0 aliphatic heterocycles. The Labute approximate surface area is 171 Å². The van der Waals surface area contributed by atoms with E-state index in [1.165, 1.54) is 20.2 Å². The fourth-order valence-electron chi connectivity index (χ4n) is 2.76. The van der Waals surface area contributed by atoms with Crippen molar-refractivity contribution in [3.05, 3.63) is 90.9 Å². The minimum Gasteiger partial charge on any atom is -0.488 e. The number of rotatable bonds is 9. The van der Waals surface area contributed by atoms with Gasteiger partial charge in [-0.05, 0) is 64.9 Å². The van der Waals surface area contributed by atoms with Crippen LogP contribution in [-0.2, 0) is 26.1 Å². The van der Waals surface area contributed by atoms with E-state index in [1.807, 2.05) is 17.4 Å². The maximum atomic E-state index is 6.04. The molecule has 0 saturated heterocycles. The summed E-state index contributed by atoms with van der Waals surface area (Å²) in [5, 5.41) is 6.28. The molecule has 0 aliphatic carbocycles. The monoisotopic (exact) mass is 412 g/mol. The Hall–Kier alpha value is -2.08. The normalized spacial score (nSPS) is 10.8. The highest BCUT2D eigenvalue weighted by atomic mass is 32.1. The highest BCUT2D eigenvalue weighted by molar-refractivity contribution is 7.10. The zero-order chi connectivity index (χ0) is 18.3. The van der Waals surface area contributed by atoms with E-state index in [0.29, 0.717) is 13.2 Å². The van der Waals surface area contributed by atoms with Gasteiger partial charge in [0.1, 0.15) is 24.7 Å². The average molecular weight is 413 g/mol. The Morgan fingerprint density at radius 1 is 0.593 bits per heavy atom. The molecular formula is C22H20O2S3. The quantitative estimate of drug-likeness (QED) is 0.300. The molecule has 0 fully saturated rings. The van der Waals surface area contributed by atoms with Gasteiger partial charge in [0.25, 0.3) is 0 Å². The van der Waals surface area contributed by atoms with Crippen LogP contribution >= 0.6 is 34.0 Å². The van der Waals surface area contributed by atoms with Gasteiger partial charge < -0.3 is 9.47 Å². The number of thiophene rings is 3. The molecule has 0 spiro atoms. The van der Waals surface area contributed by atoms with Crippen molar-refractivity contribution in [3.8, 4) is 11.5 Å². The highest BCUT2D eigenvalue weighted by Crippen LogP contribution is 2.27. The maximum Gasteiger partial charge on any atom is 0.123 e. The predicted molar refractivity (Wildman–Crippen MR) is 115 cm³/mol. The van der Waals surface area contributed by atoms with Crippen molar-refractivity contribution in [2.24, 2.45) is 0 Å². The zero-order valence-corrected chi connectivity index (χ0v) is 17.2. The molecule has 3 aromatic heterocycles.